The Morgan fingerprint density at radius 2 is 1.61 bits per heavy atom. The summed E-state index contributed by atoms with van der Waals surface area (Å²) in [6, 6.07) is 13.7. The van der Waals surface area contributed by atoms with E-state index < -0.39 is 0 Å². The van der Waals surface area contributed by atoms with Gasteiger partial charge >= 0.3 is 0 Å². The van der Waals surface area contributed by atoms with E-state index >= 15 is 0 Å². The van der Waals surface area contributed by atoms with Gasteiger partial charge in [0.15, 0.2) is 6.04 Å². The molecule has 5 nitrogen and oxygen atoms in total. The van der Waals surface area contributed by atoms with Gasteiger partial charge in [0, 0.05) is 12.0 Å². The SMILES string of the molecule is Fc1ccc(C2=CC[NH+]([C@H](c3ccc(F)cc3)c3nnnn3C3CCCC3)CC2)cc1. The minimum absolute atomic E-state index is 0.0674. The van der Waals surface area contributed by atoms with Crippen LogP contribution in [0.15, 0.2) is 54.6 Å². The Labute approximate surface area is 180 Å². The van der Waals surface area contributed by atoms with Crippen molar-refractivity contribution in [3.05, 3.63) is 83.2 Å². The molecule has 7 heteroatoms. The summed E-state index contributed by atoms with van der Waals surface area (Å²) in [5, 5.41) is 12.8. The number of hydrogen-bond donors (Lipinski definition) is 1. The third-order valence-corrected chi connectivity index (χ3v) is 6.60. The molecule has 0 radical (unpaired) electrons. The van der Waals surface area contributed by atoms with Gasteiger partial charge in [-0.3, -0.25) is 0 Å². The van der Waals surface area contributed by atoms with E-state index in [4.69, 9.17) is 0 Å². The van der Waals surface area contributed by atoms with Crippen molar-refractivity contribution in [2.75, 3.05) is 13.1 Å². The van der Waals surface area contributed by atoms with Crippen LogP contribution in [-0.4, -0.2) is 33.3 Å². The van der Waals surface area contributed by atoms with Crippen LogP contribution in [0.2, 0.25) is 0 Å². The third-order valence-electron chi connectivity index (χ3n) is 6.60. The number of hydrogen-bond acceptors (Lipinski definition) is 3. The first-order valence-electron chi connectivity index (χ1n) is 11.0. The normalized spacial score (nSPS) is 20.6. The van der Waals surface area contributed by atoms with E-state index in [2.05, 4.69) is 21.6 Å². The van der Waals surface area contributed by atoms with Crippen molar-refractivity contribution in [2.45, 2.75) is 44.2 Å². The minimum atomic E-state index is -0.245. The van der Waals surface area contributed by atoms with Crippen LogP contribution >= 0.6 is 0 Å². The molecule has 1 unspecified atom stereocenters. The lowest BCUT2D eigenvalue weighted by atomic mass is 9.96. The van der Waals surface area contributed by atoms with Gasteiger partial charge < -0.3 is 4.90 Å². The van der Waals surface area contributed by atoms with Crippen molar-refractivity contribution in [1.82, 2.24) is 20.2 Å². The Bertz CT molecular complexity index is 1050. The van der Waals surface area contributed by atoms with Gasteiger partial charge in [-0.15, -0.1) is 5.10 Å². The fourth-order valence-electron chi connectivity index (χ4n) is 4.96. The fraction of sp³-hybridized carbons (Fsp3) is 0.375. The lowest BCUT2D eigenvalue weighted by Gasteiger charge is -2.31. The molecular formula is C24H26F2N5+. The van der Waals surface area contributed by atoms with Crippen molar-refractivity contribution in [3.8, 4) is 0 Å². The topological polar surface area (TPSA) is 48.0 Å². The Kier molecular flexibility index (Phi) is 5.59. The van der Waals surface area contributed by atoms with Crippen LogP contribution in [-0.2, 0) is 0 Å². The molecule has 1 fully saturated rings. The van der Waals surface area contributed by atoms with E-state index in [0.717, 1.165) is 49.3 Å². The second kappa shape index (κ2) is 8.67. The zero-order valence-electron chi connectivity index (χ0n) is 17.3. The zero-order valence-corrected chi connectivity index (χ0v) is 17.3. The van der Waals surface area contributed by atoms with Gasteiger partial charge in [-0.1, -0.05) is 25.0 Å². The Morgan fingerprint density at radius 1 is 0.935 bits per heavy atom. The van der Waals surface area contributed by atoms with E-state index in [9.17, 15) is 8.78 Å². The molecule has 2 aromatic carbocycles. The summed E-state index contributed by atoms with van der Waals surface area (Å²) >= 11 is 0. The van der Waals surface area contributed by atoms with Crippen LogP contribution in [0, 0.1) is 11.6 Å². The number of quaternary nitrogens is 1. The molecule has 31 heavy (non-hydrogen) atoms. The number of aromatic nitrogens is 4. The number of nitrogens with one attached hydrogen (secondary N) is 1. The van der Waals surface area contributed by atoms with Crippen LogP contribution in [0.1, 0.15) is 61.1 Å². The molecule has 0 bridgehead atoms. The maximum absolute atomic E-state index is 13.6. The predicted molar refractivity (Wildman–Crippen MR) is 113 cm³/mol. The Balaban J connectivity index is 1.47. The molecule has 1 saturated carbocycles. The number of benzene rings is 2. The van der Waals surface area contributed by atoms with Gasteiger partial charge in [0.05, 0.1) is 19.1 Å². The molecule has 2 heterocycles. The van der Waals surface area contributed by atoms with Gasteiger partial charge in [0.25, 0.3) is 0 Å². The fourth-order valence-corrected chi connectivity index (χ4v) is 4.96. The summed E-state index contributed by atoms with van der Waals surface area (Å²) < 4.78 is 28.9. The van der Waals surface area contributed by atoms with E-state index in [0.29, 0.717) is 6.04 Å². The van der Waals surface area contributed by atoms with Crippen LogP contribution in [0.3, 0.4) is 0 Å². The second-order valence-corrected chi connectivity index (χ2v) is 8.50. The Morgan fingerprint density at radius 3 is 2.26 bits per heavy atom. The zero-order chi connectivity index (χ0) is 21.2. The van der Waals surface area contributed by atoms with Crippen LogP contribution < -0.4 is 4.90 Å². The monoisotopic (exact) mass is 422 g/mol. The highest BCUT2D eigenvalue weighted by atomic mass is 19.1. The molecule has 3 aromatic rings. The number of nitrogens with zero attached hydrogens (tertiary/aromatic N) is 4. The molecule has 0 amide bonds. The molecular weight excluding hydrogens is 396 g/mol. The lowest BCUT2D eigenvalue weighted by Crippen LogP contribution is -3.13. The van der Waals surface area contributed by atoms with Gasteiger partial charge in [-0.25, -0.2) is 13.5 Å². The molecule has 1 aliphatic heterocycles. The average Bonchev–Trinajstić information content (AvgIpc) is 3.48. The molecule has 0 saturated heterocycles. The van der Waals surface area contributed by atoms with Crippen LogP contribution in [0.25, 0.3) is 5.57 Å². The maximum atomic E-state index is 13.6. The predicted octanol–water partition coefficient (Wildman–Crippen LogP) is 3.53. The van der Waals surface area contributed by atoms with Gasteiger partial charge in [0.1, 0.15) is 11.6 Å². The summed E-state index contributed by atoms with van der Waals surface area (Å²) in [7, 11) is 0. The van der Waals surface area contributed by atoms with Gasteiger partial charge in [-0.05, 0) is 76.9 Å². The summed E-state index contributed by atoms with van der Waals surface area (Å²) in [5.74, 6) is 0.389. The summed E-state index contributed by atoms with van der Waals surface area (Å²) in [4.78, 5) is 1.33. The van der Waals surface area contributed by atoms with Crippen molar-refractivity contribution in [2.24, 2.45) is 0 Å². The third kappa shape index (κ3) is 4.14. The van der Waals surface area contributed by atoms with Crippen molar-refractivity contribution >= 4 is 5.57 Å². The summed E-state index contributed by atoms with van der Waals surface area (Å²) in [6.07, 6.45) is 7.70. The molecule has 2 atom stereocenters. The van der Waals surface area contributed by atoms with Gasteiger partial charge in [-0.2, -0.15) is 0 Å². The van der Waals surface area contributed by atoms with E-state index in [1.165, 1.54) is 47.6 Å². The smallest absolute Gasteiger partial charge is 0.214 e. The molecule has 1 aliphatic carbocycles. The molecule has 160 valence electrons. The van der Waals surface area contributed by atoms with E-state index in [1.54, 1.807) is 0 Å². The number of halogens is 2. The highest BCUT2D eigenvalue weighted by Crippen LogP contribution is 2.31. The molecule has 1 N–H and O–H groups in total. The maximum Gasteiger partial charge on any atom is 0.214 e. The Hall–Kier alpha value is -2.93. The first kappa shape index (κ1) is 20.0. The largest absolute Gasteiger partial charge is 0.319 e. The minimum Gasteiger partial charge on any atom is -0.319 e. The lowest BCUT2D eigenvalue weighted by molar-refractivity contribution is -0.921. The molecule has 2 aliphatic rings. The van der Waals surface area contributed by atoms with Crippen LogP contribution in [0.5, 0.6) is 0 Å². The number of rotatable bonds is 5. The highest BCUT2D eigenvalue weighted by molar-refractivity contribution is 5.66. The van der Waals surface area contributed by atoms with E-state index in [-0.39, 0.29) is 17.7 Å². The van der Waals surface area contributed by atoms with Crippen LogP contribution in [0.4, 0.5) is 8.78 Å². The first-order valence-corrected chi connectivity index (χ1v) is 11.0. The average molecular weight is 423 g/mol. The quantitative estimate of drug-likeness (QED) is 0.684. The van der Waals surface area contributed by atoms with E-state index in [1.807, 2.05) is 28.9 Å². The van der Waals surface area contributed by atoms with Crippen molar-refractivity contribution in [3.63, 3.8) is 0 Å². The molecule has 1 aromatic heterocycles. The van der Waals surface area contributed by atoms with Crippen molar-refractivity contribution in [1.29, 1.82) is 0 Å². The highest BCUT2D eigenvalue weighted by Gasteiger charge is 2.35. The number of tetrazole rings is 1. The summed E-state index contributed by atoms with van der Waals surface area (Å²) in [6.45, 7) is 1.69. The molecule has 0 spiro atoms. The first-order chi connectivity index (χ1) is 15.2. The summed E-state index contributed by atoms with van der Waals surface area (Å²) in [5.41, 5.74) is 3.32. The van der Waals surface area contributed by atoms with Gasteiger partial charge in [0.2, 0.25) is 5.82 Å². The second-order valence-electron chi connectivity index (χ2n) is 8.50. The molecule has 5 rings (SSSR count). The standard InChI is InChI=1S/C24H25F2N5/c25-20-9-5-17(6-10-20)18-13-15-30(16-14-18)23(19-7-11-21(26)12-8-19)24-27-28-29-31(24)22-3-1-2-4-22/h5-13,22-23H,1-4,14-16H2/p+1/t23-/m1/s1. The van der Waals surface area contributed by atoms with Crippen molar-refractivity contribution < 1.29 is 13.7 Å².